The molecule has 0 fully saturated rings. The zero-order valence-corrected chi connectivity index (χ0v) is 10.8. The summed E-state index contributed by atoms with van der Waals surface area (Å²) < 4.78 is 1.72. The first-order chi connectivity index (χ1) is 9.18. The van der Waals surface area contributed by atoms with Crippen LogP contribution in [0.4, 0.5) is 5.69 Å². The summed E-state index contributed by atoms with van der Waals surface area (Å²) >= 11 is 5.88. The fourth-order valence-corrected chi connectivity index (χ4v) is 1.96. The Balaban J connectivity index is 1.92. The second-order valence-corrected chi connectivity index (χ2v) is 4.32. The highest BCUT2D eigenvalue weighted by atomic mass is 35.5. The quantitative estimate of drug-likeness (QED) is 0.793. The Bertz CT molecular complexity index is 557. The largest absolute Gasteiger partial charge is 0.478 e. The lowest BCUT2D eigenvalue weighted by Gasteiger charge is -2.10. The summed E-state index contributed by atoms with van der Waals surface area (Å²) in [4.78, 5) is 11.1. The van der Waals surface area contributed by atoms with Crippen molar-refractivity contribution < 1.29 is 9.90 Å². The lowest BCUT2D eigenvalue weighted by molar-refractivity contribution is 0.0698. The first-order valence-electron chi connectivity index (χ1n) is 5.78. The zero-order valence-electron chi connectivity index (χ0n) is 10.1. The molecule has 2 aromatic rings. The molecule has 100 valence electrons. The first-order valence-corrected chi connectivity index (χ1v) is 6.16. The van der Waals surface area contributed by atoms with E-state index in [1.807, 2.05) is 0 Å². The minimum Gasteiger partial charge on any atom is -0.478 e. The van der Waals surface area contributed by atoms with Crippen LogP contribution in [0.2, 0.25) is 5.02 Å². The highest BCUT2D eigenvalue weighted by molar-refractivity contribution is 6.34. The Morgan fingerprint density at radius 3 is 3.00 bits per heavy atom. The van der Waals surface area contributed by atoms with Crippen LogP contribution in [0.3, 0.4) is 0 Å². The van der Waals surface area contributed by atoms with Gasteiger partial charge in [-0.25, -0.2) is 4.79 Å². The molecule has 0 aliphatic heterocycles. The summed E-state index contributed by atoms with van der Waals surface area (Å²) in [6.07, 6.45) is 4.20. The summed E-state index contributed by atoms with van der Waals surface area (Å²) in [6, 6.07) is 4.98. The standard InChI is InChI=1S/C12H13ClN4O2/c13-9-3-1-4-10(11(9)12(18)19)14-5-2-7-17-8-6-15-16-17/h1,3-4,6,8,14H,2,5,7H2,(H,18,19). The van der Waals surface area contributed by atoms with Crippen molar-refractivity contribution >= 4 is 23.3 Å². The molecule has 7 heteroatoms. The molecule has 19 heavy (non-hydrogen) atoms. The summed E-state index contributed by atoms with van der Waals surface area (Å²) in [5.74, 6) is -1.04. The third kappa shape index (κ3) is 3.45. The molecular formula is C12H13ClN4O2. The number of nitrogens with one attached hydrogen (secondary N) is 1. The topological polar surface area (TPSA) is 80.0 Å². The second-order valence-electron chi connectivity index (χ2n) is 3.91. The molecule has 0 saturated heterocycles. The molecule has 0 aliphatic rings. The molecule has 0 bridgehead atoms. The van der Waals surface area contributed by atoms with Crippen LogP contribution in [-0.4, -0.2) is 32.6 Å². The van der Waals surface area contributed by atoms with Gasteiger partial charge < -0.3 is 10.4 Å². The van der Waals surface area contributed by atoms with Crippen molar-refractivity contribution in [2.45, 2.75) is 13.0 Å². The maximum Gasteiger partial charge on any atom is 0.339 e. The number of nitrogens with zero attached hydrogens (tertiary/aromatic N) is 3. The molecule has 0 unspecified atom stereocenters. The van der Waals surface area contributed by atoms with Crippen molar-refractivity contribution in [3.05, 3.63) is 41.2 Å². The van der Waals surface area contributed by atoms with Crippen LogP contribution in [0.1, 0.15) is 16.8 Å². The third-order valence-electron chi connectivity index (χ3n) is 2.58. The van der Waals surface area contributed by atoms with E-state index in [1.54, 1.807) is 35.3 Å². The second kappa shape index (κ2) is 6.19. The Morgan fingerprint density at radius 1 is 1.47 bits per heavy atom. The number of halogens is 1. The molecule has 0 atom stereocenters. The van der Waals surface area contributed by atoms with E-state index in [1.165, 1.54) is 0 Å². The van der Waals surface area contributed by atoms with Crippen molar-refractivity contribution in [3.63, 3.8) is 0 Å². The predicted molar refractivity (Wildman–Crippen MR) is 71.5 cm³/mol. The summed E-state index contributed by atoms with van der Waals surface area (Å²) in [7, 11) is 0. The van der Waals surface area contributed by atoms with Gasteiger partial charge in [-0.2, -0.15) is 0 Å². The molecule has 6 nitrogen and oxygen atoms in total. The SMILES string of the molecule is O=C(O)c1c(Cl)cccc1NCCCn1ccnn1. The normalized spacial score (nSPS) is 10.4. The van der Waals surface area contributed by atoms with Crippen LogP contribution in [0.25, 0.3) is 0 Å². The Morgan fingerprint density at radius 2 is 2.32 bits per heavy atom. The number of benzene rings is 1. The zero-order chi connectivity index (χ0) is 13.7. The smallest absolute Gasteiger partial charge is 0.339 e. The molecule has 0 saturated carbocycles. The van der Waals surface area contributed by atoms with Crippen molar-refractivity contribution in [2.24, 2.45) is 0 Å². The fourth-order valence-electron chi connectivity index (χ4n) is 1.70. The van der Waals surface area contributed by atoms with Gasteiger partial charge in [-0.15, -0.1) is 5.10 Å². The lowest BCUT2D eigenvalue weighted by Crippen LogP contribution is -2.10. The van der Waals surface area contributed by atoms with Crippen LogP contribution in [0, 0.1) is 0 Å². The van der Waals surface area contributed by atoms with Gasteiger partial charge in [0.15, 0.2) is 0 Å². The van der Waals surface area contributed by atoms with Gasteiger partial charge in [-0.05, 0) is 18.6 Å². The van der Waals surface area contributed by atoms with Crippen molar-refractivity contribution in [1.82, 2.24) is 15.0 Å². The van der Waals surface area contributed by atoms with Gasteiger partial charge in [-0.3, -0.25) is 4.68 Å². The van der Waals surface area contributed by atoms with E-state index in [-0.39, 0.29) is 10.6 Å². The van der Waals surface area contributed by atoms with E-state index in [2.05, 4.69) is 15.6 Å². The highest BCUT2D eigenvalue weighted by Gasteiger charge is 2.13. The van der Waals surface area contributed by atoms with Crippen LogP contribution in [-0.2, 0) is 6.54 Å². The molecule has 1 heterocycles. The van der Waals surface area contributed by atoms with E-state index in [0.29, 0.717) is 12.2 Å². The number of carboxylic acids is 1. The minimum atomic E-state index is -1.04. The van der Waals surface area contributed by atoms with Crippen LogP contribution < -0.4 is 5.32 Å². The summed E-state index contributed by atoms with van der Waals surface area (Å²) in [5.41, 5.74) is 0.628. The number of carboxylic acid groups (broad SMARTS) is 1. The van der Waals surface area contributed by atoms with Crippen molar-refractivity contribution in [2.75, 3.05) is 11.9 Å². The third-order valence-corrected chi connectivity index (χ3v) is 2.89. The Hall–Kier alpha value is -2.08. The Kier molecular flexibility index (Phi) is 4.35. The molecule has 0 amide bonds. The first kappa shape index (κ1) is 13.4. The van der Waals surface area contributed by atoms with Gasteiger partial charge in [0.05, 0.1) is 16.9 Å². The number of aromatic carboxylic acids is 1. The van der Waals surface area contributed by atoms with Gasteiger partial charge in [0, 0.05) is 19.3 Å². The molecule has 0 radical (unpaired) electrons. The molecule has 1 aromatic carbocycles. The minimum absolute atomic E-state index is 0.102. The molecule has 2 rings (SSSR count). The van der Waals surface area contributed by atoms with Crippen LogP contribution in [0.15, 0.2) is 30.6 Å². The predicted octanol–water partition coefficient (Wildman–Crippen LogP) is 2.13. The average Bonchev–Trinajstić information content (AvgIpc) is 2.87. The van der Waals surface area contributed by atoms with Gasteiger partial charge in [0.2, 0.25) is 0 Å². The van der Waals surface area contributed by atoms with Crippen LogP contribution in [0.5, 0.6) is 0 Å². The number of aromatic nitrogens is 3. The van der Waals surface area contributed by atoms with Gasteiger partial charge >= 0.3 is 5.97 Å². The monoisotopic (exact) mass is 280 g/mol. The molecule has 1 aromatic heterocycles. The van der Waals surface area contributed by atoms with E-state index < -0.39 is 5.97 Å². The number of rotatable bonds is 6. The van der Waals surface area contributed by atoms with Gasteiger partial charge in [0.1, 0.15) is 5.56 Å². The highest BCUT2D eigenvalue weighted by Crippen LogP contribution is 2.24. The van der Waals surface area contributed by atoms with Crippen molar-refractivity contribution in [3.8, 4) is 0 Å². The van der Waals surface area contributed by atoms with Gasteiger partial charge in [0.25, 0.3) is 0 Å². The molecule has 0 aliphatic carbocycles. The van der Waals surface area contributed by atoms with Crippen LogP contribution >= 0.6 is 11.6 Å². The Labute approximate surface area is 115 Å². The van der Waals surface area contributed by atoms with Crippen molar-refractivity contribution in [1.29, 1.82) is 0 Å². The maximum atomic E-state index is 11.1. The van der Waals surface area contributed by atoms with E-state index >= 15 is 0 Å². The number of carbonyl (C=O) groups is 1. The van der Waals surface area contributed by atoms with Gasteiger partial charge in [-0.1, -0.05) is 22.9 Å². The number of aryl methyl sites for hydroxylation is 1. The molecule has 2 N–H and O–H groups in total. The van der Waals surface area contributed by atoms with E-state index in [4.69, 9.17) is 16.7 Å². The summed E-state index contributed by atoms with van der Waals surface area (Å²) in [5, 5.41) is 20.0. The fraction of sp³-hybridized carbons (Fsp3) is 0.250. The lowest BCUT2D eigenvalue weighted by atomic mass is 10.1. The number of hydrogen-bond acceptors (Lipinski definition) is 4. The number of hydrogen-bond donors (Lipinski definition) is 2. The molecule has 0 spiro atoms. The average molecular weight is 281 g/mol. The van der Waals surface area contributed by atoms with E-state index in [0.717, 1.165) is 13.0 Å². The molecular weight excluding hydrogens is 268 g/mol. The van der Waals surface area contributed by atoms with E-state index in [9.17, 15) is 4.79 Å². The number of anilines is 1. The summed E-state index contributed by atoms with van der Waals surface area (Å²) in [6.45, 7) is 1.34. The maximum absolute atomic E-state index is 11.1.